The van der Waals surface area contributed by atoms with Crippen LogP contribution in [0.3, 0.4) is 0 Å². The molecule has 0 fully saturated rings. The fourth-order valence-electron chi connectivity index (χ4n) is 0.417. The van der Waals surface area contributed by atoms with Gasteiger partial charge in [0, 0.05) is 7.05 Å². The lowest BCUT2D eigenvalue weighted by molar-refractivity contribution is -0.139. The summed E-state index contributed by atoms with van der Waals surface area (Å²) in [6, 6.07) is -0.417. The van der Waals surface area contributed by atoms with Crippen LogP contribution in [0, 0.1) is 12.3 Å². The van der Waals surface area contributed by atoms with Gasteiger partial charge in [0.05, 0.1) is 6.04 Å². The highest BCUT2D eigenvalue weighted by molar-refractivity contribution is 6.35. The van der Waals surface area contributed by atoms with E-state index in [0.717, 1.165) is 0 Å². The van der Waals surface area contributed by atoms with Crippen LogP contribution in [0.1, 0.15) is 6.92 Å². The Kier molecular flexibility index (Phi) is 3.75. The Morgan fingerprint density at radius 2 is 2.00 bits per heavy atom. The van der Waals surface area contributed by atoms with E-state index in [9.17, 15) is 9.59 Å². The van der Waals surface area contributed by atoms with Crippen molar-refractivity contribution in [2.24, 2.45) is 0 Å². The van der Waals surface area contributed by atoms with Crippen LogP contribution in [0.15, 0.2) is 0 Å². The molecular formula is C7H10N2O2. The molecule has 0 aliphatic carbocycles. The van der Waals surface area contributed by atoms with Crippen LogP contribution in [0.4, 0.5) is 0 Å². The number of nitrogens with one attached hydrogen (secondary N) is 2. The van der Waals surface area contributed by atoms with Crippen molar-refractivity contribution in [3.05, 3.63) is 0 Å². The van der Waals surface area contributed by atoms with Crippen molar-refractivity contribution in [3.8, 4) is 12.3 Å². The number of hydrogen-bond acceptors (Lipinski definition) is 2. The van der Waals surface area contributed by atoms with E-state index in [1.807, 2.05) is 0 Å². The molecular weight excluding hydrogens is 144 g/mol. The van der Waals surface area contributed by atoms with Gasteiger partial charge in [-0.15, -0.1) is 6.42 Å². The van der Waals surface area contributed by atoms with Crippen LogP contribution in [-0.4, -0.2) is 24.9 Å². The molecule has 4 nitrogen and oxygen atoms in total. The molecule has 0 rings (SSSR count). The van der Waals surface area contributed by atoms with Crippen LogP contribution in [0.5, 0.6) is 0 Å². The minimum atomic E-state index is -0.710. The average Bonchev–Trinajstić information content (AvgIpc) is 2.02. The first-order chi connectivity index (χ1) is 5.11. The molecule has 1 unspecified atom stereocenters. The fourth-order valence-corrected chi connectivity index (χ4v) is 0.417. The number of carbonyl (C=O) groups excluding carboxylic acids is 2. The summed E-state index contributed by atoms with van der Waals surface area (Å²) in [6.45, 7) is 1.61. The summed E-state index contributed by atoms with van der Waals surface area (Å²) in [5, 5.41) is 4.47. The molecule has 0 saturated carbocycles. The maximum Gasteiger partial charge on any atom is 0.310 e. The third-order valence-corrected chi connectivity index (χ3v) is 1.03. The molecule has 0 aliphatic rings. The minimum absolute atomic E-state index is 0.417. The highest BCUT2D eigenvalue weighted by atomic mass is 16.2. The second-order valence-corrected chi connectivity index (χ2v) is 1.94. The lowest BCUT2D eigenvalue weighted by Crippen LogP contribution is -2.41. The smallest absolute Gasteiger partial charge is 0.310 e. The molecule has 0 spiro atoms. The van der Waals surface area contributed by atoms with Crippen molar-refractivity contribution in [3.63, 3.8) is 0 Å². The van der Waals surface area contributed by atoms with Crippen LogP contribution < -0.4 is 10.6 Å². The van der Waals surface area contributed by atoms with Gasteiger partial charge < -0.3 is 10.6 Å². The van der Waals surface area contributed by atoms with E-state index in [4.69, 9.17) is 6.42 Å². The van der Waals surface area contributed by atoms with E-state index in [-0.39, 0.29) is 0 Å². The van der Waals surface area contributed by atoms with Crippen molar-refractivity contribution in [1.29, 1.82) is 0 Å². The Morgan fingerprint density at radius 1 is 1.45 bits per heavy atom. The molecule has 1 atom stereocenters. The standard InChI is InChI=1S/C7H10N2O2/c1-4-5(2)9-7(11)6(10)8-3/h1,5H,2-3H3,(H,8,10)(H,9,11). The molecule has 4 heteroatoms. The van der Waals surface area contributed by atoms with Gasteiger partial charge in [-0.25, -0.2) is 0 Å². The zero-order chi connectivity index (χ0) is 8.85. The minimum Gasteiger partial charge on any atom is -0.351 e. The van der Waals surface area contributed by atoms with E-state index in [2.05, 4.69) is 16.6 Å². The number of carbonyl (C=O) groups is 2. The summed E-state index contributed by atoms with van der Waals surface area (Å²) >= 11 is 0. The number of rotatable bonds is 1. The number of likely N-dealkylation sites (N-methyl/N-ethyl adjacent to an activating group) is 1. The molecule has 0 aromatic rings. The Balaban J connectivity index is 3.90. The van der Waals surface area contributed by atoms with Gasteiger partial charge in [0.2, 0.25) is 0 Å². The van der Waals surface area contributed by atoms with Crippen molar-refractivity contribution < 1.29 is 9.59 Å². The molecule has 2 N–H and O–H groups in total. The van der Waals surface area contributed by atoms with E-state index < -0.39 is 17.9 Å². The molecule has 0 bridgehead atoms. The molecule has 0 saturated heterocycles. The van der Waals surface area contributed by atoms with E-state index in [1.54, 1.807) is 6.92 Å². The molecule has 2 amide bonds. The van der Waals surface area contributed by atoms with Gasteiger partial charge in [-0.1, -0.05) is 5.92 Å². The Labute approximate surface area is 65.4 Å². The number of hydrogen-bond donors (Lipinski definition) is 2. The van der Waals surface area contributed by atoms with Gasteiger partial charge in [0.25, 0.3) is 0 Å². The molecule has 11 heavy (non-hydrogen) atoms. The van der Waals surface area contributed by atoms with Crippen LogP contribution in [0.25, 0.3) is 0 Å². The second-order valence-electron chi connectivity index (χ2n) is 1.94. The maximum absolute atomic E-state index is 10.7. The lowest BCUT2D eigenvalue weighted by Gasteiger charge is -2.05. The summed E-state index contributed by atoms with van der Waals surface area (Å²) in [6.07, 6.45) is 4.97. The lowest BCUT2D eigenvalue weighted by atomic mass is 10.3. The van der Waals surface area contributed by atoms with Gasteiger partial charge in [0.15, 0.2) is 0 Å². The van der Waals surface area contributed by atoms with Crippen LogP contribution in [0.2, 0.25) is 0 Å². The Bertz CT molecular complexity index is 205. The number of amides is 2. The van der Waals surface area contributed by atoms with Crippen molar-refractivity contribution in [1.82, 2.24) is 10.6 Å². The first kappa shape index (κ1) is 9.50. The van der Waals surface area contributed by atoms with Gasteiger partial charge in [0.1, 0.15) is 0 Å². The largest absolute Gasteiger partial charge is 0.351 e. The molecule has 0 aromatic carbocycles. The van der Waals surface area contributed by atoms with Crippen molar-refractivity contribution in [2.75, 3.05) is 7.05 Å². The van der Waals surface area contributed by atoms with E-state index in [1.165, 1.54) is 7.05 Å². The quantitative estimate of drug-likeness (QED) is 0.371. The second kappa shape index (κ2) is 4.34. The Hall–Kier alpha value is -1.50. The number of terminal acetylenes is 1. The predicted molar refractivity (Wildman–Crippen MR) is 40.5 cm³/mol. The molecule has 0 aromatic heterocycles. The summed E-state index contributed by atoms with van der Waals surface area (Å²) in [5.74, 6) is 0.865. The molecule has 0 aliphatic heterocycles. The average molecular weight is 154 g/mol. The summed E-state index contributed by atoms with van der Waals surface area (Å²) < 4.78 is 0. The van der Waals surface area contributed by atoms with E-state index in [0.29, 0.717) is 0 Å². The first-order valence-electron chi connectivity index (χ1n) is 3.10. The summed E-state index contributed by atoms with van der Waals surface area (Å²) in [7, 11) is 1.38. The van der Waals surface area contributed by atoms with Crippen LogP contribution in [-0.2, 0) is 9.59 Å². The predicted octanol–water partition coefficient (Wildman–Crippen LogP) is -1.13. The third-order valence-electron chi connectivity index (χ3n) is 1.03. The monoisotopic (exact) mass is 154 g/mol. The summed E-state index contributed by atoms with van der Waals surface area (Å²) in [5.41, 5.74) is 0. The zero-order valence-corrected chi connectivity index (χ0v) is 6.47. The van der Waals surface area contributed by atoms with E-state index >= 15 is 0 Å². The topological polar surface area (TPSA) is 58.2 Å². The maximum atomic E-state index is 10.7. The molecule has 0 radical (unpaired) electrons. The third kappa shape index (κ3) is 3.26. The fraction of sp³-hybridized carbons (Fsp3) is 0.429. The van der Waals surface area contributed by atoms with Crippen LogP contribution >= 0.6 is 0 Å². The van der Waals surface area contributed by atoms with Crippen molar-refractivity contribution >= 4 is 11.8 Å². The highest BCUT2D eigenvalue weighted by Crippen LogP contribution is 1.76. The van der Waals surface area contributed by atoms with Gasteiger partial charge in [-0.05, 0) is 6.92 Å². The highest BCUT2D eigenvalue weighted by Gasteiger charge is 2.11. The van der Waals surface area contributed by atoms with Gasteiger partial charge >= 0.3 is 11.8 Å². The normalized spacial score (nSPS) is 11.0. The molecule has 60 valence electrons. The SMILES string of the molecule is C#CC(C)NC(=O)C(=O)NC. The van der Waals surface area contributed by atoms with Gasteiger partial charge in [-0.3, -0.25) is 9.59 Å². The summed E-state index contributed by atoms with van der Waals surface area (Å²) in [4.78, 5) is 21.3. The van der Waals surface area contributed by atoms with Gasteiger partial charge in [-0.2, -0.15) is 0 Å². The van der Waals surface area contributed by atoms with Crippen molar-refractivity contribution in [2.45, 2.75) is 13.0 Å². The zero-order valence-electron chi connectivity index (χ0n) is 6.47. The Morgan fingerprint density at radius 3 is 2.36 bits per heavy atom. The first-order valence-corrected chi connectivity index (χ1v) is 3.10. The molecule has 0 heterocycles.